The van der Waals surface area contributed by atoms with Gasteiger partial charge in [-0.3, -0.25) is 24.1 Å². The fourth-order valence-corrected chi connectivity index (χ4v) is 6.58. The number of nitrogens with two attached hydrogens (primary N) is 1. The predicted molar refractivity (Wildman–Crippen MR) is 143 cm³/mol. The minimum atomic E-state index is -2.96. The molecule has 0 saturated heterocycles. The maximum Gasteiger partial charge on any atom is 0.305 e. The largest absolute Gasteiger partial charge is 0.510 e. The molecule has 3 aliphatic rings. The molecule has 40 heavy (non-hydrogen) atoms. The number of fused-ring (bicyclic) bond motifs is 3. The van der Waals surface area contributed by atoms with E-state index in [0.29, 0.717) is 11.1 Å². The number of aliphatic hydroxyl groups excluding tert-OH is 2. The van der Waals surface area contributed by atoms with Crippen LogP contribution in [0.2, 0.25) is 0 Å². The molecule has 216 valence electrons. The second kappa shape index (κ2) is 9.45. The second-order valence-electron chi connectivity index (χ2n) is 12.0. The van der Waals surface area contributed by atoms with Crippen LogP contribution in [-0.4, -0.2) is 80.6 Å². The molecule has 11 nitrogen and oxygen atoms in total. The number of ketones is 2. The minimum Gasteiger partial charge on any atom is -0.510 e. The fourth-order valence-electron chi connectivity index (χ4n) is 6.58. The quantitative estimate of drug-likeness (QED) is 0.271. The maximum atomic E-state index is 14.1. The van der Waals surface area contributed by atoms with Crippen molar-refractivity contribution in [2.45, 2.75) is 70.1 Å². The van der Waals surface area contributed by atoms with Crippen LogP contribution in [0, 0.1) is 11.8 Å². The van der Waals surface area contributed by atoms with Crippen LogP contribution in [0.15, 0.2) is 34.8 Å². The summed E-state index contributed by atoms with van der Waals surface area (Å²) in [6.07, 6.45) is -1.49. The van der Waals surface area contributed by atoms with E-state index in [1.165, 1.54) is 19.0 Å². The summed E-state index contributed by atoms with van der Waals surface area (Å²) in [5, 5.41) is 46.0. The van der Waals surface area contributed by atoms with Crippen molar-refractivity contribution in [3.63, 3.8) is 0 Å². The van der Waals surface area contributed by atoms with Gasteiger partial charge in [0.2, 0.25) is 5.78 Å². The number of ether oxygens (including phenoxy) is 1. The Bertz CT molecular complexity index is 1400. The van der Waals surface area contributed by atoms with Gasteiger partial charge < -0.3 is 30.9 Å². The van der Waals surface area contributed by atoms with E-state index in [4.69, 9.17) is 10.5 Å². The number of carbonyl (C=O) groups excluding carboxylic acids is 4. The summed E-state index contributed by atoms with van der Waals surface area (Å²) >= 11 is 0. The Morgan fingerprint density at radius 2 is 1.73 bits per heavy atom. The van der Waals surface area contributed by atoms with Gasteiger partial charge in [0.15, 0.2) is 11.4 Å². The number of phenols is 1. The van der Waals surface area contributed by atoms with Crippen LogP contribution in [0.4, 0.5) is 0 Å². The number of hydrogen-bond donors (Lipinski definition) is 5. The average molecular weight is 557 g/mol. The molecule has 3 aliphatic carbocycles. The first-order valence-corrected chi connectivity index (χ1v) is 13.1. The molecule has 2 unspecified atom stereocenters. The monoisotopic (exact) mass is 556 g/mol. The zero-order valence-corrected chi connectivity index (χ0v) is 23.6. The lowest BCUT2D eigenvalue weighted by Gasteiger charge is -2.54. The number of amides is 1. The topological polar surface area (TPSA) is 188 Å². The lowest BCUT2D eigenvalue weighted by molar-refractivity contribution is -0.180. The van der Waals surface area contributed by atoms with Gasteiger partial charge in [-0.15, -0.1) is 0 Å². The van der Waals surface area contributed by atoms with E-state index < -0.39 is 87.0 Å². The number of likely N-dealkylation sites (N-methyl/N-ethyl adjacent to an activating group) is 1. The Kier molecular flexibility index (Phi) is 6.92. The Balaban J connectivity index is 2.11. The van der Waals surface area contributed by atoms with E-state index in [0.717, 1.165) is 0 Å². The van der Waals surface area contributed by atoms with Gasteiger partial charge in [-0.2, -0.15) is 0 Å². The summed E-state index contributed by atoms with van der Waals surface area (Å²) in [4.78, 5) is 54.2. The fraction of sp³-hybridized carbons (Fsp3) is 0.517. The van der Waals surface area contributed by atoms with E-state index in [1.54, 1.807) is 26.0 Å². The van der Waals surface area contributed by atoms with Crippen molar-refractivity contribution in [3.05, 3.63) is 51.5 Å². The SMILES string of the molecule is CCC(=O)O[C@H]1C2C(=C(O)[C@]3(O)C(=O)C(C(N)=O)=C(O)[C@@H](N(C)C)C13)C(=O)c1c(ccc(C(C)(C)C)c1O)[C@@H]2C. The van der Waals surface area contributed by atoms with Gasteiger partial charge in [0.1, 0.15) is 28.9 Å². The molecule has 0 heterocycles. The molecule has 0 saturated carbocycles. The predicted octanol–water partition coefficient (Wildman–Crippen LogP) is 1.91. The molecule has 1 aromatic rings. The van der Waals surface area contributed by atoms with Crippen molar-refractivity contribution < 1.29 is 44.3 Å². The van der Waals surface area contributed by atoms with Crippen LogP contribution < -0.4 is 5.73 Å². The highest BCUT2D eigenvalue weighted by Gasteiger charge is 2.68. The smallest absolute Gasteiger partial charge is 0.305 e. The molecule has 1 aromatic carbocycles. The molecule has 6 N–H and O–H groups in total. The van der Waals surface area contributed by atoms with E-state index >= 15 is 0 Å². The highest BCUT2D eigenvalue weighted by Crippen LogP contribution is 2.57. The van der Waals surface area contributed by atoms with Gasteiger partial charge >= 0.3 is 5.97 Å². The zero-order chi connectivity index (χ0) is 30.2. The number of aliphatic hydroxyl groups is 3. The third kappa shape index (κ3) is 3.86. The van der Waals surface area contributed by atoms with Crippen molar-refractivity contribution in [2.24, 2.45) is 17.6 Å². The first-order valence-electron chi connectivity index (χ1n) is 13.1. The molecule has 0 fully saturated rings. The molecule has 4 rings (SSSR count). The van der Waals surface area contributed by atoms with E-state index in [2.05, 4.69) is 0 Å². The van der Waals surface area contributed by atoms with Crippen LogP contribution in [0.5, 0.6) is 5.75 Å². The van der Waals surface area contributed by atoms with Crippen molar-refractivity contribution in [1.82, 2.24) is 4.90 Å². The number of rotatable bonds is 4. The standard InChI is InChI=1S/C29H36N2O9/c1-8-14(32)40-24-15-11(2)12-9-10-13(28(3,4)5)21(33)16(12)22(34)17(15)25(36)29(39)19(24)20(31(6)7)23(35)18(26(29)37)27(30)38/h9-11,15,19-20,24,33,35-36,39H,8H2,1-7H3,(H2,30,38)/t11-,15?,19?,20-,24-,29-/m0/s1. The summed E-state index contributed by atoms with van der Waals surface area (Å²) in [5.74, 6) is -9.65. The third-order valence-electron chi connectivity index (χ3n) is 8.47. The number of primary amides is 1. The molecule has 6 atom stereocenters. The van der Waals surface area contributed by atoms with Gasteiger partial charge in [-0.1, -0.05) is 46.8 Å². The lowest BCUT2D eigenvalue weighted by Crippen LogP contribution is -2.69. The van der Waals surface area contributed by atoms with Gasteiger partial charge in [0, 0.05) is 23.5 Å². The van der Waals surface area contributed by atoms with Gasteiger partial charge in [0.05, 0.1) is 17.5 Å². The summed E-state index contributed by atoms with van der Waals surface area (Å²) in [7, 11) is 3.00. The Labute approximate surface area is 231 Å². The van der Waals surface area contributed by atoms with Gasteiger partial charge in [-0.25, -0.2) is 0 Å². The van der Waals surface area contributed by atoms with Crippen LogP contribution in [0.3, 0.4) is 0 Å². The molecular weight excluding hydrogens is 520 g/mol. The van der Waals surface area contributed by atoms with Crippen LogP contribution in [-0.2, 0) is 24.5 Å². The molecular formula is C29H36N2O9. The van der Waals surface area contributed by atoms with Crippen molar-refractivity contribution in [1.29, 1.82) is 0 Å². The van der Waals surface area contributed by atoms with Crippen molar-refractivity contribution in [2.75, 3.05) is 14.1 Å². The normalized spacial score (nSPS) is 30.2. The molecule has 0 radical (unpaired) electrons. The Morgan fingerprint density at radius 3 is 2.23 bits per heavy atom. The number of carbonyl (C=O) groups is 4. The van der Waals surface area contributed by atoms with Crippen LogP contribution in [0.1, 0.15) is 68.4 Å². The number of Topliss-reactive ketones (excluding diaryl/α,β-unsaturated/α-hetero) is 2. The summed E-state index contributed by atoms with van der Waals surface area (Å²) < 4.78 is 5.82. The van der Waals surface area contributed by atoms with Gasteiger partial charge in [0.25, 0.3) is 5.91 Å². The summed E-state index contributed by atoms with van der Waals surface area (Å²) in [6.45, 7) is 8.82. The number of hydrogen-bond acceptors (Lipinski definition) is 10. The van der Waals surface area contributed by atoms with Gasteiger partial charge in [-0.05, 0) is 31.0 Å². The molecule has 0 aliphatic heterocycles. The van der Waals surface area contributed by atoms with Crippen molar-refractivity contribution >= 4 is 23.4 Å². The highest BCUT2D eigenvalue weighted by molar-refractivity contribution is 6.25. The zero-order valence-electron chi connectivity index (χ0n) is 23.6. The van der Waals surface area contributed by atoms with Crippen molar-refractivity contribution in [3.8, 4) is 5.75 Å². The summed E-state index contributed by atoms with van der Waals surface area (Å²) in [6, 6.07) is 2.09. The number of benzene rings is 1. The number of nitrogens with zero attached hydrogens (tertiary/aromatic N) is 1. The third-order valence-corrected chi connectivity index (χ3v) is 8.47. The first-order chi connectivity index (χ1) is 18.4. The van der Waals surface area contributed by atoms with E-state index in [9.17, 15) is 39.6 Å². The van der Waals surface area contributed by atoms with Crippen LogP contribution in [0.25, 0.3) is 0 Å². The molecule has 0 spiro atoms. The molecule has 1 amide bonds. The lowest BCUT2D eigenvalue weighted by atomic mass is 9.55. The first kappa shape index (κ1) is 29.3. The molecule has 11 heteroatoms. The highest BCUT2D eigenvalue weighted by atomic mass is 16.5. The van der Waals surface area contributed by atoms with Crippen LogP contribution >= 0.6 is 0 Å². The number of esters is 1. The number of aromatic hydroxyl groups is 1. The minimum absolute atomic E-state index is 0.0804. The maximum absolute atomic E-state index is 14.1. The summed E-state index contributed by atoms with van der Waals surface area (Å²) in [5.41, 5.74) is 1.35. The Morgan fingerprint density at radius 1 is 1.12 bits per heavy atom. The number of phenolic OH excluding ortho intramolecular Hbond substituents is 1. The average Bonchev–Trinajstić information content (AvgIpc) is 2.84. The van der Waals surface area contributed by atoms with E-state index in [1.807, 2.05) is 20.8 Å². The molecule has 0 bridgehead atoms. The van der Waals surface area contributed by atoms with E-state index in [-0.39, 0.29) is 17.7 Å². The Hall–Kier alpha value is -3.70. The molecule has 0 aromatic heterocycles. The second-order valence-corrected chi connectivity index (χ2v) is 12.0.